The fourth-order valence-corrected chi connectivity index (χ4v) is 3.43. The van der Waals surface area contributed by atoms with Crippen molar-refractivity contribution in [1.82, 2.24) is 24.8 Å². The second-order valence-electron chi connectivity index (χ2n) is 6.69. The van der Waals surface area contributed by atoms with Gasteiger partial charge in [0.25, 0.3) is 0 Å². The summed E-state index contributed by atoms with van der Waals surface area (Å²) in [7, 11) is 0. The van der Waals surface area contributed by atoms with Crippen LogP contribution in [0.15, 0.2) is 24.7 Å². The Kier molecular flexibility index (Phi) is 5.21. The standard InChI is InChI=1S/C18H25N7O/c1-15-21-17(12-18(22-15)25-8-10-26-11-9-25)24-6-4-23(5-7-24)14-16-13-19-2-3-20-16/h2-3,12-13H,4-11,14H2,1H3. The third kappa shape index (κ3) is 4.08. The number of aromatic nitrogens is 4. The smallest absolute Gasteiger partial charge is 0.134 e. The second-order valence-corrected chi connectivity index (χ2v) is 6.69. The third-order valence-electron chi connectivity index (χ3n) is 4.84. The number of hydrogen-bond donors (Lipinski definition) is 0. The number of anilines is 2. The normalized spacial score (nSPS) is 19.0. The van der Waals surface area contributed by atoms with Crippen molar-refractivity contribution < 1.29 is 4.74 Å². The zero-order valence-corrected chi connectivity index (χ0v) is 15.2. The minimum Gasteiger partial charge on any atom is -0.378 e. The molecular formula is C18H25N7O. The van der Waals surface area contributed by atoms with Gasteiger partial charge in [-0.15, -0.1) is 0 Å². The van der Waals surface area contributed by atoms with E-state index >= 15 is 0 Å². The van der Waals surface area contributed by atoms with Gasteiger partial charge < -0.3 is 14.5 Å². The molecule has 0 N–H and O–H groups in total. The maximum Gasteiger partial charge on any atom is 0.134 e. The predicted molar refractivity (Wildman–Crippen MR) is 99.3 cm³/mol. The number of aryl methyl sites for hydroxylation is 1. The van der Waals surface area contributed by atoms with E-state index in [1.807, 2.05) is 13.1 Å². The van der Waals surface area contributed by atoms with Crippen LogP contribution in [-0.2, 0) is 11.3 Å². The van der Waals surface area contributed by atoms with Gasteiger partial charge in [-0.25, -0.2) is 9.97 Å². The summed E-state index contributed by atoms with van der Waals surface area (Å²) in [6, 6.07) is 2.12. The molecule has 2 aromatic heterocycles. The number of hydrogen-bond acceptors (Lipinski definition) is 8. The van der Waals surface area contributed by atoms with E-state index in [0.29, 0.717) is 0 Å². The number of rotatable bonds is 4. The first-order chi connectivity index (χ1) is 12.8. The highest BCUT2D eigenvalue weighted by molar-refractivity contribution is 5.51. The number of nitrogens with zero attached hydrogens (tertiary/aromatic N) is 7. The molecule has 26 heavy (non-hydrogen) atoms. The van der Waals surface area contributed by atoms with E-state index in [-0.39, 0.29) is 0 Å². The van der Waals surface area contributed by atoms with E-state index in [1.54, 1.807) is 12.4 Å². The van der Waals surface area contributed by atoms with Crippen LogP contribution < -0.4 is 9.80 Å². The lowest BCUT2D eigenvalue weighted by atomic mass is 10.2. The Bertz CT molecular complexity index is 713. The predicted octanol–water partition coefficient (Wildman–Crippen LogP) is 0.734. The molecule has 2 aromatic rings. The lowest BCUT2D eigenvalue weighted by molar-refractivity contribution is 0.122. The van der Waals surface area contributed by atoms with E-state index in [4.69, 9.17) is 4.74 Å². The summed E-state index contributed by atoms with van der Waals surface area (Å²) in [4.78, 5) is 24.9. The Morgan fingerprint density at radius 3 is 2.27 bits per heavy atom. The summed E-state index contributed by atoms with van der Waals surface area (Å²) in [5.74, 6) is 2.86. The largest absolute Gasteiger partial charge is 0.378 e. The summed E-state index contributed by atoms with van der Waals surface area (Å²) in [5.41, 5.74) is 1.02. The molecule has 2 saturated heterocycles. The van der Waals surface area contributed by atoms with Crippen LogP contribution >= 0.6 is 0 Å². The first kappa shape index (κ1) is 17.1. The quantitative estimate of drug-likeness (QED) is 0.795. The van der Waals surface area contributed by atoms with Crippen LogP contribution in [0.5, 0.6) is 0 Å². The maximum absolute atomic E-state index is 5.45. The molecule has 4 heterocycles. The topological polar surface area (TPSA) is 70.5 Å². The molecular weight excluding hydrogens is 330 g/mol. The van der Waals surface area contributed by atoms with Gasteiger partial charge in [-0.3, -0.25) is 14.9 Å². The lowest BCUT2D eigenvalue weighted by Gasteiger charge is -2.36. The second kappa shape index (κ2) is 7.92. The van der Waals surface area contributed by atoms with Crippen molar-refractivity contribution in [3.63, 3.8) is 0 Å². The highest BCUT2D eigenvalue weighted by Crippen LogP contribution is 2.21. The van der Waals surface area contributed by atoms with Crippen molar-refractivity contribution in [3.05, 3.63) is 36.2 Å². The van der Waals surface area contributed by atoms with Gasteiger partial charge in [0, 0.05) is 70.5 Å². The Morgan fingerprint density at radius 1 is 0.923 bits per heavy atom. The van der Waals surface area contributed by atoms with E-state index in [0.717, 1.165) is 82.2 Å². The number of piperazine rings is 1. The van der Waals surface area contributed by atoms with E-state index in [9.17, 15) is 0 Å². The number of ether oxygens (including phenoxy) is 1. The summed E-state index contributed by atoms with van der Waals surface area (Å²) < 4.78 is 5.45. The van der Waals surface area contributed by atoms with E-state index in [2.05, 4.69) is 40.7 Å². The highest BCUT2D eigenvalue weighted by Gasteiger charge is 2.21. The molecule has 8 heteroatoms. The molecule has 2 aliphatic heterocycles. The van der Waals surface area contributed by atoms with Crippen molar-refractivity contribution in [3.8, 4) is 0 Å². The van der Waals surface area contributed by atoms with E-state index in [1.165, 1.54) is 0 Å². The fourth-order valence-electron chi connectivity index (χ4n) is 3.43. The van der Waals surface area contributed by atoms with Crippen molar-refractivity contribution in [2.45, 2.75) is 13.5 Å². The van der Waals surface area contributed by atoms with Crippen LogP contribution in [0.3, 0.4) is 0 Å². The number of morpholine rings is 1. The maximum atomic E-state index is 5.45. The van der Waals surface area contributed by atoms with Crippen LogP contribution in [0, 0.1) is 6.92 Å². The first-order valence-electron chi connectivity index (χ1n) is 9.18. The molecule has 0 unspecified atom stereocenters. The van der Waals surface area contributed by atoms with Gasteiger partial charge in [0.1, 0.15) is 17.5 Å². The highest BCUT2D eigenvalue weighted by atomic mass is 16.5. The molecule has 0 bridgehead atoms. The summed E-state index contributed by atoms with van der Waals surface area (Å²) >= 11 is 0. The molecule has 0 amide bonds. The van der Waals surface area contributed by atoms with Crippen LogP contribution in [0.1, 0.15) is 11.5 Å². The van der Waals surface area contributed by atoms with Crippen molar-refractivity contribution in [2.75, 3.05) is 62.3 Å². The van der Waals surface area contributed by atoms with Crippen LogP contribution in [0.25, 0.3) is 0 Å². The van der Waals surface area contributed by atoms with Gasteiger partial charge in [-0.1, -0.05) is 0 Å². The first-order valence-corrected chi connectivity index (χ1v) is 9.18. The van der Waals surface area contributed by atoms with Gasteiger partial charge in [-0.2, -0.15) is 0 Å². The van der Waals surface area contributed by atoms with Gasteiger partial charge in [-0.05, 0) is 6.92 Å². The molecule has 138 valence electrons. The molecule has 0 radical (unpaired) electrons. The molecule has 2 aliphatic rings. The zero-order chi connectivity index (χ0) is 17.8. The van der Waals surface area contributed by atoms with Gasteiger partial charge in [0.2, 0.25) is 0 Å². The van der Waals surface area contributed by atoms with Crippen molar-refractivity contribution in [1.29, 1.82) is 0 Å². The molecule has 0 atom stereocenters. The average molecular weight is 355 g/mol. The van der Waals surface area contributed by atoms with Crippen LogP contribution in [0.4, 0.5) is 11.6 Å². The van der Waals surface area contributed by atoms with Gasteiger partial charge in [0.05, 0.1) is 18.9 Å². The van der Waals surface area contributed by atoms with Crippen LogP contribution in [-0.4, -0.2) is 77.3 Å². The minimum atomic E-state index is 0.763. The fraction of sp³-hybridized carbons (Fsp3) is 0.556. The Morgan fingerprint density at radius 2 is 1.62 bits per heavy atom. The van der Waals surface area contributed by atoms with Crippen molar-refractivity contribution >= 4 is 11.6 Å². The Hall–Kier alpha value is -2.32. The SMILES string of the molecule is Cc1nc(N2CCOCC2)cc(N2CCN(Cc3cnccn3)CC2)n1. The van der Waals surface area contributed by atoms with E-state index < -0.39 is 0 Å². The van der Waals surface area contributed by atoms with Gasteiger partial charge >= 0.3 is 0 Å². The monoisotopic (exact) mass is 355 g/mol. The summed E-state index contributed by atoms with van der Waals surface area (Å²) in [6.07, 6.45) is 5.31. The minimum absolute atomic E-state index is 0.763. The molecule has 0 aromatic carbocycles. The lowest BCUT2D eigenvalue weighted by Crippen LogP contribution is -2.46. The van der Waals surface area contributed by atoms with Gasteiger partial charge in [0.15, 0.2) is 0 Å². The molecule has 2 fully saturated rings. The molecule has 0 spiro atoms. The molecule has 4 rings (SSSR count). The Labute approximate surface area is 153 Å². The van der Waals surface area contributed by atoms with Crippen LogP contribution in [0.2, 0.25) is 0 Å². The third-order valence-corrected chi connectivity index (χ3v) is 4.84. The zero-order valence-electron chi connectivity index (χ0n) is 15.2. The average Bonchev–Trinajstić information content (AvgIpc) is 2.70. The molecule has 0 saturated carbocycles. The Balaban J connectivity index is 1.40. The molecule has 8 nitrogen and oxygen atoms in total. The molecule has 0 aliphatic carbocycles. The summed E-state index contributed by atoms with van der Waals surface area (Å²) in [5, 5.41) is 0. The van der Waals surface area contributed by atoms with Crippen molar-refractivity contribution in [2.24, 2.45) is 0 Å². The summed E-state index contributed by atoms with van der Waals surface area (Å²) in [6.45, 7) is 10.0.